The van der Waals surface area contributed by atoms with E-state index < -0.39 is 0 Å². The summed E-state index contributed by atoms with van der Waals surface area (Å²) >= 11 is 0. The Labute approximate surface area is 120 Å². The van der Waals surface area contributed by atoms with E-state index in [1.54, 1.807) is 5.57 Å². The molecule has 0 aromatic heterocycles. The monoisotopic (exact) mass is 264 g/mol. The van der Waals surface area contributed by atoms with Crippen molar-refractivity contribution in [2.24, 2.45) is 10.4 Å². The molecule has 0 spiro atoms. The van der Waals surface area contributed by atoms with Crippen LogP contribution >= 0.6 is 0 Å². The number of allylic oxidation sites excluding steroid dienone is 1. The highest BCUT2D eigenvalue weighted by atomic mass is 14.8. The molecule has 0 saturated carbocycles. The summed E-state index contributed by atoms with van der Waals surface area (Å²) in [4.78, 5) is 4.52. The highest BCUT2D eigenvalue weighted by Gasteiger charge is 2.44. The van der Waals surface area contributed by atoms with Gasteiger partial charge < -0.3 is 0 Å². The third-order valence-electron chi connectivity index (χ3n) is 5.23. The Balaban J connectivity index is 1.99. The van der Waals surface area contributed by atoms with E-state index in [2.05, 4.69) is 43.3 Å². The van der Waals surface area contributed by atoms with Gasteiger partial charge in [-0.05, 0) is 53.5 Å². The van der Waals surface area contributed by atoms with Crippen molar-refractivity contribution in [1.29, 1.82) is 5.26 Å². The minimum Gasteiger partial charge on any atom is -0.288 e. The number of rotatable bonds is 3. The lowest BCUT2D eigenvalue weighted by Gasteiger charge is -2.30. The predicted molar refractivity (Wildman–Crippen MR) is 81.9 cm³/mol. The van der Waals surface area contributed by atoms with Crippen molar-refractivity contribution >= 4 is 6.21 Å². The van der Waals surface area contributed by atoms with E-state index in [4.69, 9.17) is 5.26 Å². The molecule has 0 amide bonds. The first-order valence-electron chi connectivity index (χ1n) is 7.47. The van der Waals surface area contributed by atoms with Crippen molar-refractivity contribution in [3.8, 4) is 6.07 Å². The average molecular weight is 264 g/mol. The smallest absolute Gasteiger partial charge is 0.0991 e. The van der Waals surface area contributed by atoms with Crippen molar-refractivity contribution in [2.45, 2.75) is 39.0 Å². The van der Waals surface area contributed by atoms with E-state index in [0.29, 0.717) is 11.3 Å². The molecule has 3 rings (SSSR count). The molecule has 1 aliphatic heterocycles. The molecule has 1 aromatic carbocycles. The summed E-state index contributed by atoms with van der Waals surface area (Å²) in [6, 6.07) is 10.3. The van der Waals surface area contributed by atoms with Crippen LogP contribution in [0.25, 0.3) is 0 Å². The standard InChI is InChI=1S/C18H20N2/c1-3-18(4-2)9-15(16-11-20-12-17(16)18)14-7-5-13(10-19)6-8-14/h5-8,11,15H,3-4,9,12H2,1-2H3. The molecule has 1 aromatic rings. The Morgan fingerprint density at radius 3 is 2.55 bits per heavy atom. The average Bonchev–Trinajstić information content (AvgIpc) is 3.09. The van der Waals surface area contributed by atoms with Gasteiger partial charge in [-0.15, -0.1) is 0 Å². The van der Waals surface area contributed by atoms with Crippen LogP contribution in [0.2, 0.25) is 0 Å². The Hall–Kier alpha value is -1.88. The molecular weight excluding hydrogens is 244 g/mol. The molecule has 1 heterocycles. The summed E-state index contributed by atoms with van der Waals surface area (Å²) in [5.74, 6) is 0.462. The number of hydrogen-bond acceptors (Lipinski definition) is 2. The minimum absolute atomic E-state index is 0.338. The Morgan fingerprint density at radius 2 is 1.95 bits per heavy atom. The van der Waals surface area contributed by atoms with Crippen molar-refractivity contribution in [1.82, 2.24) is 0 Å². The van der Waals surface area contributed by atoms with Crippen LogP contribution in [0.3, 0.4) is 0 Å². The van der Waals surface area contributed by atoms with Gasteiger partial charge in [-0.2, -0.15) is 5.26 Å². The third kappa shape index (κ3) is 1.81. The van der Waals surface area contributed by atoms with Crippen LogP contribution < -0.4 is 0 Å². The maximum Gasteiger partial charge on any atom is 0.0991 e. The first-order valence-corrected chi connectivity index (χ1v) is 7.47. The van der Waals surface area contributed by atoms with E-state index >= 15 is 0 Å². The molecule has 2 aliphatic rings. The Bertz CT molecular complexity index is 610. The van der Waals surface area contributed by atoms with E-state index in [1.165, 1.54) is 30.4 Å². The van der Waals surface area contributed by atoms with E-state index in [1.807, 2.05) is 12.1 Å². The third-order valence-corrected chi connectivity index (χ3v) is 5.23. The summed E-state index contributed by atoms with van der Waals surface area (Å²) < 4.78 is 0. The summed E-state index contributed by atoms with van der Waals surface area (Å²) in [6.07, 6.45) is 5.67. The lowest BCUT2D eigenvalue weighted by molar-refractivity contribution is 0.310. The Kier molecular flexibility index (Phi) is 3.22. The quantitative estimate of drug-likeness (QED) is 0.804. The SMILES string of the molecule is CCC1(CC)CC(c2ccc(C#N)cc2)C2=C1CN=C2. The van der Waals surface area contributed by atoms with Gasteiger partial charge in [-0.3, -0.25) is 4.99 Å². The van der Waals surface area contributed by atoms with Crippen LogP contribution in [0.5, 0.6) is 0 Å². The molecule has 1 aliphatic carbocycles. The van der Waals surface area contributed by atoms with Crippen molar-refractivity contribution in [2.75, 3.05) is 6.54 Å². The van der Waals surface area contributed by atoms with Gasteiger partial charge in [0, 0.05) is 12.1 Å². The van der Waals surface area contributed by atoms with Crippen LogP contribution in [-0.2, 0) is 0 Å². The molecular formula is C18H20N2. The summed E-state index contributed by atoms with van der Waals surface area (Å²) in [5, 5.41) is 8.92. The van der Waals surface area contributed by atoms with Crippen LogP contribution in [0, 0.1) is 16.7 Å². The molecule has 2 nitrogen and oxygen atoms in total. The lowest BCUT2D eigenvalue weighted by atomic mass is 9.75. The maximum absolute atomic E-state index is 8.92. The topological polar surface area (TPSA) is 36.1 Å². The van der Waals surface area contributed by atoms with E-state index in [9.17, 15) is 0 Å². The largest absolute Gasteiger partial charge is 0.288 e. The number of nitrogens with zero attached hydrogens (tertiary/aromatic N) is 2. The van der Waals surface area contributed by atoms with Gasteiger partial charge in [-0.25, -0.2) is 0 Å². The first kappa shape index (κ1) is 13.1. The molecule has 102 valence electrons. The van der Waals surface area contributed by atoms with Gasteiger partial charge in [0.05, 0.1) is 18.2 Å². The highest BCUT2D eigenvalue weighted by molar-refractivity contribution is 5.86. The summed E-state index contributed by atoms with van der Waals surface area (Å²) in [5.41, 5.74) is 5.41. The normalized spacial score (nSPS) is 22.9. The molecule has 0 N–H and O–H groups in total. The van der Waals surface area contributed by atoms with Gasteiger partial charge in [0.2, 0.25) is 0 Å². The molecule has 1 atom stereocenters. The molecule has 0 bridgehead atoms. The van der Waals surface area contributed by atoms with Gasteiger partial charge in [0.1, 0.15) is 0 Å². The number of benzene rings is 1. The molecule has 20 heavy (non-hydrogen) atoms. The Morgan fingerprint density at radius 1 is 1.25 bits per heavy atom. The predicted octanol–water partition coefficient (Wildman–Crippen LogP) is 4.23. The molecule has 2 heteroatoms. The summed E-state index contributed by atoms with van der Waals surface area (Å²) in [6.45, 7) is 5.49. The van der Waals surface area contributed by atoms with Crippen molar-refractivity contribution in [3.05, 3.63) is 46.5 Å². The maximum atomic E-state index is 8.92. The summed E-state index contributed by atoms with van der Waals surface area (Å²) in [7, 11) is 0. The van der Waals surface area contributed by atoms with Crippen LogP contribution in [0.1, 0.15) is 50.2 Å². The van der Waals surface area contributed by atoms with Crippen LogP contribution in [0.15, 0.2) is 40.4 Å². The zero-order valence-electron chi connectivity index (χ0n) is 12.2. The number of hydrogen-bond donors (Lipinski definition) is 0. The molecule has 1 unspecified atom stereocenters. The van der Waals surface area contributed by atoms with Gasteiger partial charge in [0.15, 0.2) is 0 Å². The second-order valence-corrected chi connectivity index (χ2v) is 5.88. The van der Waals surface area contributed by atoms with E-state index in [-0.39, 0.29) is 0 Å². The van der Waals surface area contributed by atoms with Crippen LogP contribution in [-0.4, -0.2) is 12.8 Å². The fraction of sp³-hybridized carbons (Fsp3) is 0.444. The molecule has 0 radical (unpaired) electrons. The zero-order valence-corrected chi connectivity index (χ0v) is 12.2. The fourth-order valence-corrected chi connectivity index (χ4v) is 3.86. The lowest BCUT2D eigenvalue weighted by Crippen LogP contribution is -2.20. The first-order chi connectivity index (χ1) is 9.74. The van der Waals surface area contributed by atoms with Gasteiger partial charge in [-0.1, -0.05) is 26.0 Å². The molecule has 0 fully saturated rings. The van der Waals surface area contributed by atoms with Gasteiger partial charge in [0.25, 0.3) is 0 Å². The fourth-order valence-electron chi connectivity index (χ4n) is 3.86. The number of nitriles is 1. The number of aliphatic imine (C=N–C) groups is 1. The second-order valence-electron chi connectivity index (χ2n) is 5.88. The van der Waals surface area contributed by atoms with Gasteiger partial charge >= 0.3 is 0 Å². The molecule has 0 saturated heterocycles. The van der Waals surface area contributed by atoms with E-state index in [0.717, 1.165) is 12.1 Å². The van der Waals surface area contributed by atoms with Crippen molar-refractivity contribution < 1.29 is 0 Å². The zero-order chi connectivity index (χ0) is 14.2. The highest BCUT2D eigenvalue weighted by Crippen LogP contribution is 2.55. The van der Waals surface area contributed by atoms with Crippen molar-refractivity contribution in [3.63, 3.8) is 0 Å². The second kappa shape index (κ2) is 4.90. The van der Waals surface area contributed by atoms with Crippen LogP contribution in [0.4, 0.5) is 0 Å². The minimum atomic E-state index is 0.338.